The van der Waals surface area contributed by atoms with Crippen molar-refractivity contribution < 1.29 is 19.1 Å². The minimum Gasteiger partial charge on any atom is -0.495 e. The predicted molar refractivity (Wildman–Crippen MR) is 104 cm³/mol. The van der Waals surface area contributed by atoms with Crippen molar-refractivity contribution in [3.8, 4) is 5.75 Å². The van der Waals surface area contributed by atoms with Crippen LogP contribution >= 0.6 is 0 Å². The molecule has 1 aromatic rings. The third kappa shape index (κ3) is 4.99. The van der Waals surface area contributed by atoms with Crippen LogP contribution < -0.4 is 15.4 Å². The summed E-state index contributed by atoms with van der Waals surface area (Å²) in [5.41, 5.74) is 0.532. The van der Waals surface area contributed by atoms with E-state index in [2.05, 4.69) is 17.6 Å². The Morgan fingerprint density at radius 2 is 2.00 bits per heavy atom. The Morgan fingerprint density at radius 3 is 2.67 bits per heavy atom. The molecule has 1 heterocycles. The molecule has 27 heavy (non-hydrogen) atoms. The highest BCUT2D eigenvalue weighted by Gasteiger charge is 2.47. The van der Waals surface area contributed by atoms with Gasteiger partial charge in [-0.2, -0.15) is 0 Å². The second kappa shape index (κ2) is 8.88. The number of benzene rings is 1. The van der Waals surface area contributed by atoms with Crippen LogP contribution in [-0.4, -0.2) is 41.9 Å². The summed E-state index contributed by atoms with van der Waals surface area (Å²) in [4.78, 5) is 38.3. The number of amides is 4. The van der Waals surface area contributed by atoms with Gasteiger partial charge in [-0.1, -0.05) is 38.7 Å². The average molecular weight is 375 g/mol. The minimum absolute atomic E-state index is 0.327. The normalized spacial score (nSPS) is 19.2. The van der Waals surface area contributed by atoms with Crippen molar-refractivity contribution in [1.29, 1.82) is 0 Å². The summed E-state index contributed by atoms with van der Waals surface area (Å²) in [6.07, 6.45) is 4.65. The number of unbranched alkanes of at least 4 members (excludes halogenated alkanes) is 3. The first kappa shape index (κ1) is 20.7. The lowest BCUT2D eigenvalue weighted by atomic mass is 9.94. The summed E-state index contributed by atoms with van der Waals surface area (Å²) in [6.45, 7) is 5.41. The highest BCUT2D eigenvalue weighted by Crippen LogP contribution is 2.26. The number of methoxy groups -OCH3 is 1. The number of ether oxygens (including phenoxy) is 1. The lowest BCUT2D eigenvalue weighted by molar-refractivity contribution is -0.133. The summed E-state index contributed by atoms with van der Waals surface area (Å²) in [5.74, 6) is -0.278. The number of nitrogens with one attached hydrogen (secondary N) is 2. The molecule has 1 saturated heterocycles. The van der Waals surface area contributed by atoms with Crippen LogP contribution in [-0.2, 0) is 9.59 Å². The third-order valence-electron chi connectivity index (χ3n) is 4.81. The molecule has 0 saturated carbocycles. The number of carbonyl (C=O) groups excluding carboxylic acids is 3. The highest BCUT2D eigenvalue weighted by molar-refractivity contribution is 6.10. The Morgan fingerprint density at radius 1 is 1.26 bits per heavy atom. The highest BCUT2D eigenvalue weighted by atomic mass is 16.5. The monoisotopic (exact) mass is 375 g/mol. The van der Waals surface area contributed by atoms with E-state index in [0.29, 0.717) is 17.9 Å². The zero-order valence-electron chi connectivity index (χ0n) is 16.6. The maximum Gasteiger partial charge on any atom is 0.325 e. The Labute approximate surface area is 160 Å². The fourth-order valence-corrected chi connectivity index (χ4v) is 3.22. The van der Waals surface area contributed by atoms with Gasteiger partial charge in [0.15, 0.2) is 0 Å². The van der Waals surface area contributed by atoms with Crippen molar-refractivity contribution in [2.75, 3.05) is 19.0 Å². The van der Waals surface area contributed by atoms with Crippen LogP contribution in [0.25, 0.3) is 0 Å². The smallest absolute Gasteiger partial charge is 0.325 e. The molecule has 2 rings (SSSR count). The SMILES string of the molecule is CCCCCCC1(C)NC(=O)N(CC(=O)Nc2cc(C)ccc2OC)C1=O. The number of urea groups is 1. The van der Waals surface area contributed by atoms with Gasteiger partial charge in [0.1, 0.15) is 17.8 Å². The van der Waals surface area contributed by atoms with Crippen molar-refractivity contribution in [2.45, 2.75) is 58.4 Å². The fraction of sp³-hybridized carbons (Fsp3) is 0.550. The molecular weight excluding hydrogens is 346 g/mol. The first-order chi connectivity index (χ1) is 12.8. The van der Waals surface area contributed by atoms with Crippen LogP contribution in [0.2, 0.25) is 0 Å². The van der Waals surface area contributed by atoms with Crippen molar-refractivity contribution in [2.24, 2.45) is 0 Å². The molecule has 7 nitrogen and oxygen atoms in total. The van der Waals surface area contributed by atoms with E-state index in [9.17, 15) is 14.4 Å². The van der Waals surface area contributed by atoms with Gasteiger partial charge in [0, 0.05) is 0 Å². The molecule has 0 radical (unpaired) electrons. The summed E-state index contributed by atoms with van der Waals surface area (Å²) >= 11 is 0. The van der Waals surface area contributed by atoms with Crippen molar-refractivity contribution in [3.63, 3.8) is 0 Å². The zero-order valence-corrected chi connectivity index (χ0v) is 16.6. The molecule has 148 valence electrons. The number of hydrogen-bond acceptors (Lipinski definition) is 4. The van der Waals surface area contributed by atoms with Crippen molar-refractivity contribution in [1.82, 2.24) is 10.2 Å². The summed E-state index contributed by atoms with van der Waals surface area (Å²) in [7, 11) is 1.52. The maximum absolute atomic E-state index is 12.7. The van der Waals surface area contributed by atoms with Gasteiger partial charge in [-0.3, -0.25) is 14.5 Å². The molecule has 0 spiro atoms. The maximum atomic E-state index is 12.7. The Kier molecular flexibility index (Phi) is 6.82. The van der Waals surface area contributed by atoms with E-state index < -0.39 is 17.5 Å². The molecule has 7 heteroatoms. The second-order valence-electron chi connectivity index (χ2n) is 7.22. The second-order valence-corrected chi connectivity index (χ2v) is 7.22. The number of nitrogens with zero attached hydrogens (tertiary/aromatic N) is 1. The molecule has 0 bridgehead atoms. The molecule has 2 N–H and O–H groups in total. The molecule has 0 aliphatic carbocycles. The van der Waals surface area contributed by atoms with Crippen LogP contribution in [0.4, 0.5) is 10.5 Å². The van der Waals surface area contributed by atoms with Crippen molar-refractivity contribution >= 4 is 23.5 Å². The molecule has 1 fully saturated rings. The van der Waals surface area contributed by atoms with E-state index >= 15 is 0 Å². The van der Waals surface area contributed by atoms with Gasteiger partial charge in [0.05, 0.1) is 12.8 Å². The summed E-state index contributed by atoms with van der Waals surface area (Å²) in [5, 5.41) is 5.46. The van der Waals surface area contributed by atoms with Crippen LogP contribution in [0.3, 0.4) is 0 Å². The van der Waals surface area contributed by atoms with E-state index in [-0.39, 0.29) is 12.5 Å². The zero-order chi connectivity index (χ0) is 20.0. The van der Waals surface area contributed by atoms with E-state index in [4.69, 9.17) is 4.74 Å². The van der Waals surface area contributed by atoms with Crippen LogP contribution in [0, 0.1) is 6.92 Å². The van der Waals surface area contributed by atoms with Crippen LogP contribution in [0.15, 0.2) is 18.2 Å². The first-order valence-corrected chi connectivity index (χ1v) is 9.39. The molecule has 1 atom stereocenters. The third-order valence-corrected chi connectivity index (χ3v) is 4.81. The molecule has 1 aliphatic rings. The number of carbonyl (C=O) groups is 3. The van der Waals surface area contributed by atoms with Gasteiger partial charge in [-0.15, -0.1) is 0 Å². The number of hydrogen-bond donors (Lipinski definition) is 2. The average Bonchev–Trinajstić information content (AvgIpc) is 2.82. The van der Waals surface area contributed by atoms with Crippen LogP contribution in [0.1, 0.15) is 51.5 Å². The van der Waals surface area contributed by atoms with E-state index in [0.717, 1.165) is 36.1 Å². The number of rotatable bonds is 9. The minimum atomic E-state index is -0.938. The van der Waals surface area contributed by atoms with Gasteiger partial charge in [0.2, 0.25) is 5.91 Å². The Hall–Kier alpha value is -2.57. The van der Waals surface area contributed by atoms with Gasteiger partial charge in [-0.25, -0.2) is 4.79 Å². The molecule has 1 aliphatic heterocycles. The summed E-state index contributed by atoms with van der Waals surface area (Å²) in [6, 6.07) is 4.88. The number of imide groups is 1. The molecule has 4 amide bonds. The topological polar surface area (TPSA) is 87.7 Å². The van der Waals surface area contributed by atoms with E-state index in [1.54, 1.807) is 19.1 Å². The summed E-state index contributed by atoms with van der Waals surface area (Å²) < 4.78 is 5.24. The van der Waals surface area contributed by atoms with Crippen LogP contribution in [0.5, 0.6) is 5.75 Å². The Bertz CT molecular complexity index is 719. The van der Waals surface area contributed by atoms with Gasteiger partial charge >= 0.3 is 6.03 Å². The molecular formula is C20H29N3O4. The lowest BCUT2D eigenvalue weighted by Crippen LogP contribution is -2.44. The number of aryl methyl sites for hydroxylation is 1. The number of anilines is 1. The van der Waals surface area contributed by atoms with Gasteiger partial charge in [0.25, 0.3) is 5.91 Å². The lowest BCUT2D eigenvalue weighted by Gasteiger charge is -2.21. The first-order valence-electron chi connectivity index (χ1n) is 9.39. The van der Waals surface area contributed by atoms with Crippen molar-refractivity contribution in [3.05, 3.63) is 23.8 Å². The molecule has 1 unspecified atom stereocenters. The van der Waals surface area contributed by atoms with Gasteiger partial charge in [-0.05, 0) is 38.0 Å². The predicted octanol–water partition coefficient (Wildman–Crippen LogP) is 3.22. The largest absolute Gasteiger partial charge is 0.495 e. The quantitative estimate of drug-likeness (QED) is 0.512. The standard InChI is InChI=1S/C20H29N3O4/c1-5-6-7-8-11-20(3)18(25)23(19(26)22-20)13-17(24)21-15-12-14(2)9-10-16(15)27-4/h9-10,12H,5-8,11,13H2,1-4H3,(H,21,24)(H,22,26). The van der Waals surface area contributed by atoms with E-state index in [1.807, 2.05) is 13.0 Å². The Balaban J connectivity index is 2.00. The van der Waals surface area contributed by atoms with E-state index in [1.165, 1.54) is 7.11 Å². The fourth-order valence-electron chi connectivity index (χ4n) is 3.22. The molecule has 0 aromatic heterocycles. The molecule has 1 aromatic carbocycles. The van der Waals surface area contributed by atoms with Gasteiger partial charge < -0.3 is 15.4 Å².